The van der Waals surface area contributed by atoms with Crippen molar-refractivity contribution in [3.8, 4) is 0 Å². The topological polar surface area (TPSA) is 54.0 Å². The van der Waals surface area contributed by atoms with Crippen LogP contribution in [-0.2, 0) is 4.79 Å². The zero-order valence-electron chi connectivity index (χ0n) is 16.4. The van der Waals surface area contributed by atoms with Crippen LogP contribution >= 0.6 is 12.6 Å². The first-order valence-corrected chi connectivity index (χ1v) is 9.88. The minimum Gasteiger partial charge on any atom is -0.375 e. The minimum atomic E-state index is -0.519. The smallest absolute Gasteiger partial charge is 0.240 e. The molecule has 5 nitrogen and oxygen atoms in total. The molecular weight excluding hydrogens is 356 g/mol. The van der Waals surface area contributed by atoms with Gasteiger partial charge in [-0.3, -0.25) is 9.69 Å². The maximum Gasteiger partial charge on any atom is 0.240 e. The van der Waals surface area contributed by atoms with Crippen LogP contribution in [0.2, 0.25) is 0 Å². The van der Waals surface area contributed by atoms with Gasteiger partial charge in [0.15, 0.2) is 0 Å². The molecule has 0 fully saturated rings. The summed E-state index contributed by atoms with van der Waals surface area (Å²) in [5.41, 5.74) is 9.30. The fourth-order valence-corrected chi connectivity index (χ4v) is 3.02. The Morgan fingerprint density at radius 1 is 1.22 bits per heavy atom. The van der Waals surface area contributed by atoms with Crippen LogP contribution in [0.25, 0.3) is 6.08 Å². The van der Waals surface area contributed by atoms with Crippen molar-refractivity contribution in [2.45, 2.75) is 12.5 Å². The van der Waals surface area contributed by atoms with Crippen molar-refractivity contribution in [2.75, 3.05) is 44.9 Å². The molecule has 6 heteroatoms. The number of amides is 1. The zero-order chi connectivity index (χ0) is 19.8. The van der Waals surface area contributed by atoms with Gasteiger partial charge in [-0.2, -0.15) is 12.6 Å². The fraction of sp³-hybridized carbons (Fsp3) is 0.381. The van der Waals surface area contributed by atoms with Crippen molar-refractivity contribution in [3.05, 3.63) is 60.0 Å². The number of carbonyl (C=O) groups excluding carboxylic acids is 1. The summed E-state index contributed by atoms with van der Waals surface area (Å²) in [6.07, 6.45) is 11.6. The SMILES string of the molecule is CN(CCCN(C)c1ccc(/C=C/C2=C[NH+](C)C=C2)cc1)C(=O)C(N)CS. The van der Waals surface area contributed by atoms with E-state index in [0.29, 0.717) is 12.3 Å². The van der Waals surface area contributed by atoms with Gasteiger partial charge < -0.3 is 15.5 Å². The molecule has 2 atom stereocenters. The van der Waals surface area contributed by atoms with Gasteiger partial charge in [-0.05, 0) is 30.2 Å². The normalized spacial score (nSPS) is 17.2. The number of carbonyl (C=O) groups is 1. The van der Waals surface area contributed by atoms with Gasteiger partial charge in [-0.25, -0.2) is 0 Å². The number of rotatable bonds is 9. The van der Waals surface area contributed by atoms with Crippen molar-refractivity contribution in [2.24, 2.45) is 5.73 Å². The third-order valence-electron chi connectivity index (χ3n) is 4.61. The molecule has 0 saturated heterocycles. The number of nitrogens with one attached hydrogen (secondary N) is 1. The molecule has 1 amide bonds. The number of allylic oxidation sites excluding steroid dienone is 3. The van der Waals surface area contributed by atoms with Crippen LogP contribution in [0.1, 0.15) is 12.0 Å². The van der Waals surface area contributed by atoms with E-state index in [2.05, 4.69) is 86.5 Å². The summed E-state index contributed by atoms with van der Waals surface area (Å²) < 4.78 is 0. The Bertz CT molecular complexity index is 711. The zero-order valence-corrected chi connectivity index (χ0v) is 17.3. The van der Waals surface area contributed by atoms with E-state index < -0.39 is 6.04 Å². The molecule has 27 heavy (non-hydrogen) atoms. The average molecular weight is 388 g/mol. The van der Waals surface area contributed by atoms with Crippen LogP contribution in [0.3, 0.4) is 0 Å². The predicted octanol–water partition coefficient (Wildman–Crippen LogP) is 1.17. The summed E-state index contributed by atoms with van der Waals surface area (Å²) in [6, 6.07) is 7.98. The number of hydrogen-bond donors (Lipinski definition) is 3. The Kier molecular flexibility index (Phi) is 8.16. The highest BCUT2D eigenvalue weighted by atomic mass is 32.1. The summed E-state index contributed by atoms with van der Waals surface area (Å²) >= 11 is 4.08. The van der Waals surface area contributed by atoms with Gasteiger partial charge in [0.2, 0.25) is 5.91 Å². The van der Waals surface area contributed by atoms with Crippen molar-refractivity contribution in [3.63, 3.8) is 0 Å². The Morgan fingerprint density at radius 2 is 1.93 bits per heavy atom. The molecule has 1 aromatic rings. The molecule has 0 saturated carbocycles. The van der Waals surface area contributed by atoms with Gasteiger partial charge in [0.1, 0.15) is 6.20 Å². The quantitative estimate of drug-likeness (QED) is 0.558. The second-order valence-electron chi connectivity index (χ2n) is 6.97. The second-order valence-corrected chi connectivity index (χ2v) is 7.34. The van der Waals surface area contributed by atoms with Gasteiger partial charge in [-0.15, -0.1) is 0 Å². The molecule has 1 aliphatic heterocycles. The first-order valence-electron chi connectivity index (χ1n) is 9.24. The first kappa shape index (κ1) is 21.3. The van der Waals surface area contributed by atoms with E-state index in [4.69, 9.17) is 5.73 Å². The number of nitrogens with two attached hydrogens (primary N) is 1. The Morgan fingerprint density at radius 3 is 2.52 bits per heavy atom. The second kappa shape index (κ2) is 10.3. The van der Waals surface area contributed by atoms with E-state index in [1.165, 1.54) is 16.0 Å². The van der Waals surface area contributed by atoms with Crippen molar-refractivity contribution in [1.29, 1.82) is 0 Å². The molecule has 2 rings (SSSR count). The number of benzene rings is 1. The Balaban J connectivity index is 1.80. The summed E-state index contributed by atoms with van der Waals surface area (Å²) in [5, 5.41) is 0. The van der Waals surface area contributed by atoms with Crippen molar-refractivity contribution >= 4 is 30.3 Å². The van der Waals surface area contributed by atoms with Crippen molar-refractivity contribution in [1.82, 2.24) is 4.90 Å². The molecule has 0 aromatic heterocycles. The molecule has 0 bridgehead atoms. The monoisotopic (exact) mass is 387 g/mol. The van der Waals surface area contributed by atoms with E-state index in [0.717, 1.165) is 18.7 Å². The first-order chi connectivity index (χ1) is 12.9. The standard InChI is InChI=1S/C21H30N4OS/c1-23-14-11-18(15-23)6-5-17-7-9-19(10-8-17)24(2)12-4-13-25(3)21(26)20(22)16-27/h5-11,14-15,20,27H,4,12-13,16,22H2,1-3H3/p+1/b6-5+. The number of quaternary nitrogens is 1. The highest BCUT2D eigenvalue weighted by molar-refractivity contribution is 7.80. The van der Waals surface area contributed by atoms with Crippen LogP contribution < -0.4 is 15.5 Å². The van der Waals surface area contributed by atoms with Crippen LogP contribution in [0.4, 0.5) is 5.69 Å². The van der Waals surface area contributed by atoms with E-state index in [1.807, 2.05) is 0 Å². The number of thiol groups is 1. The fourth-order valence-electron chi connectivity index (χ4n) is 2.87. The van der Waals surface area contributed by atoms with Gasteiger partial charge in [0.05, 0.1) is 19.3 Å². The molecule has 0 radical (unpaired) electrons. The van der Waals surface area contributed by atoms with E-state index in [1.54, 1.807) is 11.9 Å². The van der Waals surface area contributed by atoms with E-state index in [9.17, 15) is 4.79 Å². The molecular formula is C21H31N4OS+. The number of likely N-dealkylation sites (N-methyl/N-ethyl adjacent to an activating group) is 1. The van der Waals surface area contributed by atoms with Gasteiger partial charge >= 0.3 is 0 Å². The summed E-state index contributed by atoms with van der Waals surface area (Å²) in [5.74, 6) is 0.318. The van der Waals surface area contributed by atoms with Crippen molar-refractivity contribution < 1.29 is 9.69 Å². The van der Waals surface area contributed by atoms with E-state index >= 15 is 0 Å². The van der Waals surface area contributed by atoms with Crippen LogP contribution in [0, 0.1) is 0 Å². The highest BCUT2D eigenvalue weighted by Gasteiger charge is 2.16. The minimum absolute atomic E-state index is 0.0520. The molecule has 0 aliphatic carbocycles. The lowest BCUT2D eigenvalue weighted by Crippen LogP contribution is -2.98. The largest absolute Gasteiger partial charge is 0.375 e. The summed E-state index contributed by atoms with van der Waals surface area (Å²) in [4.78, 5) is 17.1. The molecule has 1 heterocycles. The van der Waals surface area contributed by atoms with Crippen LogP contribution in [-0.4, -0.2) is 56.8 Å². The molecule has 1 aliphatic rings. The maximum atomic E-state index is 12.0. The molecule has 1 aromatic carbocycles. The van der Waals surface area contributed by atoms with Gasteiger partial charge in [0, 0.05) is 50.3 Å². The van der Waals surface area contributed by atoms with Crippen LogP contribution in [0.15, 0.2) is 54.4 Å². The Hall–Kier alpha value is -2.02. The Labute approximate surface area is 168 Å². The summed E-state index contributed by atoms with van der Waals surface area (Å²) in [7, 11) is 5.96. The highest BCUT2D eigenvalue weighted by Crippen LogP contribution is 2.16. The lowest BCUT2D eigenvalue weighted by Gasteiger charge is -2.23. The number of anilines is 1. The van der Waals surface area contributed by atoms with E-state index in [-0.39, 0.29) is 5.91 Å². The van der Waals surface area contributed by atoms with Gasteiger partial charge in [0.25, 0.3) is 0 Å². The molecule has 3 N–H and O–H groups in total. The number of nitrogens with zero attached hydrogens (tertiary/aromatic N) is 2. The average Bonchev–Trinajstić information content (AvgIpc) is 3.10. The molecule has 146 valence electrons. The lowest BCUT2D eigenvalue weighted by molar-refractivity contribution is -0.763. The van der Waals surface area contributed by atoms with Gasteiger partial charge in [-0.1, -0.05) is 18.2 Å². The predicted molar refractivity (Wildman–Crippen MR) is 117 cm³/mol. The molecule has 2 unspecified atom stereocenters. The third-order valence-corrected chi connectivity index (χ3v) is 5.01. The maximum absolute atomic E-state index is 12.0. The summed E-state index contributed by atoms with van der Waals surface area (Å²) in [6.45, 7) is 1.56. The molecule has 0 spiro atoms. The lowest BCUT2D eigenvalue weighted by atomic mass is 10.1. The van der Waals surface area contributed by atoms with Crippen LogP contribution in [0.5, 0.6) is 0 Å². The third kappa shape index (κ3) is 6.57. The number of hydrogen-bond acceptors (Lipinski definition) is 4.